The first-order valence-corrected chi connectivity index (χ1v) is 8.02. The van der Waals surface area contributed by atoms with Crippen LogP contribution in [0.15, 0.2) is 18.2 Å². The number of aryl methyl sites for hydroxylation is 1. The van der Waals surface area contributed by atoms with E-state index in [0.29, 0.717) is 19.4 Å². The van der Waals surface area contributed by atoms with Crippen LogP contribution in [0.3, 0.4) is 0 Å². The zero-order valence-electron chi connectivity index (χ0n) is 12.9. The van der Waals surface area contributed by atoms with Crippen LogP contribution in [0.1, 0.15) is 44.6 Å². The number of ether oxygens (including phenoxy) is 2. The van der Waals surface area contributed by atoms with Gasteiger partial charge in [-0.15, -0.1) is 0 Å². The molecular weight excluding hydrogens is 266 g/mol. The minimum atomic E-state index is 0.319. The lowest BCUT2D eigenvalue weighted by atomic mass is 10.1. The number of rotatable bonds is 10. The maximum absolute atomic E-state index is 8.72. The first-order chi connectivity index (χ1) is 10.3. The molecule has 1 aliphatic rings. The van der Waals surface area contributed by atoms with Crippen molar-refractivity contribution in [3.63, 3.8) is 0 Å². The van der Waals surface area contributed by atoms with Crippen LogP contribution < -0.4 is 14.8 Å². The summed E-state index contributed by atoms with van der Waals surface area (Å²) in [5.41, 5.74) is 1.30. The molecule has 0 amide bonds. The van der Waals surface area contributed by atoms with Crippen LogP contribution in [0.5, 0.6) is 11.5 Å². The van der Waals surface area contributed by atoms with E-state index in [4.69, 9.17) is 14.6 Å². The molecule has 2 N–H and O–H groups in total. The number of aliphatic hydroxyl groups excluding tert-OH is 1. The Bertz CT molecular complexity index is 422. The Morgan fingerprint density at radius 3 is 2.81 bits per heavy atom. The molecule has 2 rings (SSSR count). The van der Waals surface area contributed by atoms with Gasteiger partial charge in [0.1, 0.15) is 0 Å². The Morgan fingerprint density at radius 1 is 1.14 bits per heavy atom. The van der Waals surface area contributed by atoms with Crippen LogP contribution in [0.4, 0.5) is 0 Å². The number of fused-ring (bicyclic) bond motifs is 1. The Labute approximate surface area is 127 Å². The van der Waals surface area contributed by atoms with Crippen molar-refractivity contribution in [3.05, 3.63) is 23.8 Å². The van der Waals surface area contributed by atoms with Gasteiger partial charge in [0.05, 0.1) is 0 Å². The molecule has 0 saturated heterocycles. The molecule has 1 aliphatic heterocycles. The Morgan fingerprint density at radius 2 is 1.95 bits per heavy atom. The lowest BCUT2D eigenvalue weighted by Crippen LogP contribution is -2.27. The zero-order chi connectivity index (χ0) is 14.9. The van der Waals surface area contributed by atoms with E-state index in [1.807, 2.05) is 6.07 Å². The lowest BCUT2D eigenvalue weighted by molar-refractivity contribution is 0.174. The molecule has 0 fully saturated rings. The van der Waals surface area contributed by atoms with E-state index in [1.165, 1.54) is 18.4 Å². The molecule has 0 radical (unpaired) electrons. The molecule has 0 aliphatic carbocycles. The summed E-state index contributed by atoms with van der Waals surface area (Å²) in [7, 11) is 0. The highest BCUT2D eigenvalue weighted by Crippen LogP contribution is 2.32. The number of hydrogen-bond donors (Lipinski definition) is 2. The maximum Gasteiger partial charge on any atom is 0.231 e. The summed E-state index contributed by atoms with van der Waals surface area (Å²) in [5.74, 6) is 1.73. The predicted molar refractivity (Wildman–Crippen MR) is 83.9 cm³/mol. The smallest absolute Gasteiger partial charge is 0.231 e. The second kappa shape index (κ2) is 8.90. The van der Waals surface area contributed by atoms with Gasteiger partial charge in [0, 0.05) is 12.6 Å². The van der Waals surface area contributed by atoms with E-state index in [0.717, 1.165) is 43.7 Å². The molecule has 1 unspecified atom stereocenters. The summed E-state index contributed by atoms with van der Waals surface area (Å²) in [6, 6.07) is 6.73. The van der Waals surface area contributed by atoms with Gasteiger partial charge in [-0.25, -0.2) is 0 Å². The monoisotopic (exact) mass is 293 g/mol. The highest BCUT2D eigenvalue weighted by atomic mass is 16.7. The van der Waals surface area contributed by atoms with Crippen LogP contribution in [0, 0.1) is 0 Å². The van der Waals surface area contributed by atoms with E-state index in [9.17, 15) is 0 Å². The molecule has 1 atom stereocenters. The molecule has 1 heterocycles. The molecule has 1 aromatic rings. The van der Waals surface area contributed by atoms with Crippen LogP contribution in [-0.2, 0) is 6.42 Å². The van der Waals surface area contributed by atoms with E-state index >= 15 is 0 Å². The van der Waals surface area contributed by atoms with Crippen LogP contribution in [-0.4, -0.2) is 31.1 Å². The number of hydrogen-bond acceptors (Lipinski definition) is 4. The largest absolute Gasteiger partial charge is 0.454 e. The predicted octanol–water partition coefficient (Wildman–Crippen LogP) is 2.88. The van der Waals surface area contributed by atoms with Gasteiger partial charge in [0.2, 0.25) is 6.79 Å². The van der Waals surface area contributed by atoms with Crippen molar-refractivity contribution in [3.8, 4) is 11.5 Å². The Balaban J connectivity index is 1.59. The topological polar surface area (TPSA) is 50.7 Å². The van der Waals surface area contributed by atoms with Gasteiger partial charge in [-0.2, -0.15) is 0 Å². The molecule has 0 aromatic heterocycles. The third kappa shape index (κ3) is 5.56. The summed E-state index contributed by atoms with van der Waals surface area (Å²) in [6.07, 6.45) is 6.62. The number of benzene rings is 1. The fourth-order valence-corrected chi connectivity index (χ4v) is 2.52. The summed E-state index contributed by atoms with van der Waals surface area (Å²) < 4.78 is 10.7. The van der Waals surface area contributed by atoms with Crippen molar-refractivity contribution >= 4 is 0 Å². The highest BCUT2D eigenvalue weighted by molar-refractivity contribution is 5.44. The Kier molecular flexibility index (Phi) is 6.83. The van der Waals surface area contributed by atoms with Gasteiger partial charge in [0.15, 0.2) is 11.5 Å². The third-order valence-corrected chi connectivity index (χ3v) is 3.88. The van der Waals surface area contributed by atoms with Crippen molar-refractivity contribution in [2.75, 3.05) is 19.9 Å². The normalized spacial score (nSPS) is 14.4. The molecule has 4 heteroatoms. The van der Waals surface area contributed by atoms with Crippen molar-refractivity contribution < 1.29 is 14.6 Å². The van der Waals surface area contributed by atoms with E-state index in [2.05, 4.69) is 24.4 Å². The molecule has 0 saturated carbocycles. The van der Waals surface area contributed by atoms with E-state index < -0.39 is 0 Å². The average molecular weight is 293 g/mol. The third-order valence-electron chi connectivity index (χ3n) is 3.88. The molecule has 1 aromatic carbocycles. The van der Waals surface area contributed by atoms with Crippen molar-refractivity contribution in [1.82, 2.24) is 5.32 Å². The quantitative estimate of drug-likeness (QED) is 0.651. The van der Waals surface area contributed by atoms with Crippen LogP contribution in [0.2, 0.25) is 0 Å². The van der Waals surface area contributed by atoms with Crippen molar-refractivity contribution in [2.24, 2.45) is 0 Å². The number of unbranched alkanes of at least 4 members (excludes halogenated alkanes) is 3. The fourth-order valence-electron chi connectivity index (χ4n) is 2.52. The second-order valence-corrected chi connectivity index (χ2v) is 5.72. The second-order valence-electron chi connectivity index (χ2n) is 5.72. The maximum atomic E-state index is 8.72. The van der Waals surface area contributed by atoms with Crippen molar-refractivity contribution in [1.29, 1.82) is 0 Å². The molecule has 0 spiro atoms. The first-order valence-electron chi connectivity index (χ1n) is 8.02. The molecular formula is C17H27NO3. The standard InChI is InChI=1S/C17H27NO3/c1-14(18-10-4-2-3-5-11-19)6-7-15-8-9-16-17(12-15)21-13-20-16/h8-9,12,14,18-19H,2-7,10-11,13H2,1H3. The van der Waals surface area contributed by atoms with Gasteiger partial charge in [-0.3, -0.25) is 0 Å². The lowest BCUT2D eigenvalue weighted by Gasteiger charge is -2.13. The van der Waals surface area contributed by atoms with Gasteiger partial charge in [-0.1, -0.05) is 18.9 Å². The highest BCUT2D eigenvalue weighted by Gasteiger charge is 2.13. The fraction of sp³-hybridized carbons (Fsp3) is 0.647. The number of aliphatic hydroxyl groups is 1. The van der Waals surface area contributed by atoms with Crippen LogP contribution >= 0.6 is 0 Å². The summed E-state index contributed by atoms with van der Waals surface area (Å²) in [5, 5.41) is 12.3. The van der Waals surface area contributed by atoms with E-state index in [1.54, 1.807) is 0 Å². The van der Waals surface area contributed by atoms with Gasteiger partial charge >= 0.3 is 0 Å². The zero-order valence-corrected chi connectivity index (χ0v) is 12.9. The van der Waals surface area contributed by atoms with Gasteiger partial charge in [-0.05, 0) is 56.8 Å². The Hall–Kier alpha value is -1.26. The average Bonchev–Trinajstić information content (AvgIpc) is 2.96. The summed E-state index contributed by atoms with van der Waals surface area (Å²) >= 11 is 0. The minimum absolute atomic E-state index is 0.319. The van der Waals surface area contributed by atoms with E-state index in [-0.39, 0.29) is 0 Å². The number of nitrogens with one attached hydrogen (secondary N) is 1. The molecule has 118 valence electrons. The molecule has 0 bridgehead atoms. The first kappa shape index (κ1) is 16.1. The van der Waals surface area contributed by atoms with Gasteiger partial charge in [0.25, 0.3) is 0 Å². The SMILES string of the molecule is CC(CCc1ccc2c(c1)OCO2)NCCCCCCO. The van der Waals surface area contributed by atoms with Crippen LogP contribution in [0.25, 0.3) is 0 Å². The molecule has 21 heavy (non-hydrogen) atoms. The molecule has 4 nitrogen and oxygen atoms in total. The summed E-state index contributed by atoms with van der Waals surface area (Å²) in [4.78, 5) is 0. The van der Waals surface area contributed by atoms with Crippen molar-refractivity contribution in [2.45, 2.75) is 51.5 Å². The minimum Gasteiger partial charge on any atom is -0.454 e. The van der Waals surface area contributed by atoms with Gasteiger partial charge < -0.3 is 19.9 Å². The summed E-state index contributed by atoms with van der Waals surface area (Å²) in [6.45, 7) is 3.96.